The number of rotatable bonds is 5. The van der Waals surface area contributed by atoms with Gasteiger partial charge in [0.1, 0.15) is 0 Å². The zero-order chi connectivity index (χ0) is 16.9. The quantitative estimate of drug-likeness (QED) is 0.368. The van der Waals surface area contributed by atoms with Gasteiger partial charge in [0.15, 0.2) is 5.78 Å². The molecule has 3 rings (SSSR count). The minimum absolute atomic E-state index is 0.132. The summed E-state index contributed by atoms with van der Waals surface area (Å²) in [6, 6.07) is 15.7. The van der Waals surface area contributed by atoms with Gasteiger partial charge in [0, 0.05) is 18.2 Å². The van der Waals surface area contributed by atoms with Crippen molar-refractivity contribution in [2.24, 2.45) is 0 Å². The SMILES string of the molecule is O=C(C=C=CCCN1C(=O)c2ccccc2C1=O)c1ccccc1. The number of ketones is 1. The maximum Gasteiger partial charge on any atom is 0.261 e. The summed E-state index contributed by atoms with van der Waals surface area (Å²) in [6.07, 6.45) is 3.46. The standard InChI is InChI=1S/C20H15NO3/c22-18(15-9-3-1-4-10-15)13-5-2-8-14-21-19(23)16-11-6-7-12-17(16)20(21)24/h1-4,6-7,9-13H,8,14H2. The number of nitrogens with zero attached hydrogens (tertiary/aromatic N) is 1. The lowest BCUT2D eigenvalue weighted by Gasteiger charge is -2.11. The van der Waals surface area contributed by atoms with Gasteiger partial charge < -0.3 is 0 Å². The maximum atomic E-state index is 12.2. The third-order valence-electron chi connectivity index (χ3n) is 3.77. The van der Waals surface area contributed by atoms with Crippen LogP contribution in [0.2, 0.25) is 0 Å². The van der Waals surface area contributed by atoms with Crippen molar-refractivity contribution in [1.82, 2.24) is 4.90 Å². The highest BCUT2D eigenvalue weighted by molar-refractivity contribution is 6.21. The normalized spacial score (nSPS) is 12.6. The smallest absolute Gasteiger partial charge is 0.261 e. The van der Waals surface area contributed by atoms with Crippen LogP contribution in [0.25, 0.3) is 0 Å². The number of hydrogen-bond donors (Lipinski definition) is 0. The second-order valence-electron chi connectivity index (χ2n) is 5.34. The Kier molecular flexibility index (Phi) is 4.50. The molecule has 0 unspecified atom stereocenters. The molecule has 0 bridgehead atoms. The predicted molar refractivity (Wildman–Crippen MR) is 89.9 cm³/mol. The molecule has 0 fully saturated rings. The van der Waals surface area contributed by atoms with Gasteiger partial charge in [0.05, 0.1) is 11.1 Å². The van der Waals surface area contributed by atoms with Crippen LogP contribution in [-0.4, -0.2) is 29.0 Å². The van der Waals surface area contributed by atoms with E-state index in [0.29, 0.717) is 23.1 Å². The fourth-order valence-corrected chi connectivity index (χ4v) is 2.54. The van der Waals surface area contributed by atoms with Crippen molar-refractivity contribution in [2.75, 3.05) is 6.54 Å². The van der Waals surface area contributed by atoms with E-state index in [2.05, 4.69) is 5.73 Å². The minimum Gasteiger partial charge on any atom is -0.289 e. The van der Waals surface area contributed by atoms with Crippen molar-refractivity contribution >= 4 is 17.6 Å². The van der Waals surface area contributed by atoms with Crippen molar-refractivity contribution in [3.8, 4) is 0 Å². The largest absolute Gasteiger partial charge is 0.289 e. The van der Waals surface area contributed by atoms with Crippen molar-refractivity contribution in [1.29, 1.82) is 0 Å². The Morgan fingerprint density at radius 3 is 2.12 bits per heavy atom. The topological polar surface area (TPSA) is 54.5 Å². The van der Waals surface area contributed by atoms with Gasteiger partial charge in [-0.05, 0) is 24.6 Å². The lowest BCUT2D eigenvalue weighted by Crippen LogP contribution is -2.30. The third kappa shape index (κ3) is 3.09. The summed E-state index contributed by atoms with van der Waals surface area (Å²) in [7, 11) is 0. The van der Waals surface area contributed by atoms with E-state index < -0.39 is 0 Å². The Hall–Kier alpha value is -3.23. The highest BCUT2D eigenvalue weighted by Crippen LogP contribution is 2.22. The Bertz CT molecular complexity index is 826. The molecule has 1 aliphatic rings. The van der Waals surface area contributed by atoms with Crippen molar-refractivity contribution in [3.05, 3.63) is 89.2 Å². The zero-order valence-corrected chi connectivity index (χ0v) is 12.9. The highest BCUT2D eigenvalue weighted by Gasteiger charge is 2.34. The molecular weight excluding hydrogens is 302 g/mol. The predicted octanol–water partition coefficient (Wildman–Crippen LogP) is 3.27. The van der Waals surface area contributed by atoms with Crippen molar-refractivity contribution in [3.63, 3.8) is 0 Å². The maximum absolute atomic E-state index is 12.2. The Morgan fingerprint density at radius 1 is 0.917 bits per heavy atom. The fraction of sp³-hybridized carbons (Fsp3) is 0.100. The van der Waals surface area contributed by atoms with Gasteiger partial charge in [-0.25, -0.2) is 0 Å². The zero-order valence-electron chi connectivity index (χ0n) is 12.9. The molecule has 0 saturated heterocycles. The van der Waals surface area contributed by atoms with Crippen LogP contribution in [0.3, 0.4) is 0 Å². The van der Waals surface area contributed by atoms with Crippen LogP contribution in [0.4, 0.5) is 0 Å². The third-order valence-corrected chi connectivity index (χ3v) is 3.77. The van der Waals surface area contributed by atoms with Gasteiger partial charge in [-0.3, -0.25) is 19.3 Å². The number of imide groups is 1. The van der Waals surface area contributed by atoms with Gasteiger partial charge >= 0.3 is 0 Å². The molecule has 2 amide bonds. The van der Waals surface area contributed by atoms with Gasteiger partial charge in [-0.1, -0.05) is 42.5 Å². The summed E-state index contributed by atoms with van der Waals surface area (Å²) < 4.78 is 0. The van der Waals surface area contributed by atoms with E-state index in [1.165, 1.54) is 11.0 Å². The van der Waals surface area contributed by atoms with Crippen molar-refractivity contribution in [2.45, 2.75) is 6.42 Å². The van der Waals surface area contributed by atoms with Gasteiger partial charge in [0.25, 0.3) is 11.8 Å². The van der Waals surface area contributed by atoms with E-state index >= 15 is 0 Å². The van der Waals surface area contributed by atoms with Gasteiger partial charge in [0.2, 0.25) is 0 Å². The summed E-state index contributed by atoms with van der Waals surface area (Å²) >= 11 is 0. The first-order valence-electron chi connectivity index (χ1n) is 7.64. The average Bonchev–Trinajstić information content (AvgIpc) is 2.87. The highest BCUT2D eigenvalue weighted by atomic mass is 16.2. The first-order chi connectivity index (χ1) is 11.7. The van der Waals surface area contributed by atoms with E-state index in [9.17, 15) is 14.4 Å². The van der Waals surface area contributed by atoms with Crippen LogP contribution in [0.5, 0.6) is 0 Å². The molecule has 1 heterocycles. The number of fused-ring (bicyclic) bond motifs is 1. The van der Waals surface area contributed by atoms with Gasteiger partial charge in [-0.2, -0.15) is 0 Å². The van der Waals surface area contributed by atoms with Crippen LogP contribution in [-0.2, 0) is 0 Å². The molecule has 0 atom stereocenters. The van der Waals surface area contributed by atoms with Crippen molar-refractivity contribution < 1.29 is 14.4 Å². The van der Waals surface area contributed by atoms with Crippen LogP contribution in [0.15, 0.2) is 72.5 Å². The summed E-state index contributed by atoms with van der Waals surface area (Å²) in [5.41, 5.74) is 4.30. The monoisotopic (exact) mass is 317 g/mol. The van der Waals surface area contributed by atoms with E-state index in [0.717, 1.165) is 0 Å². The second kappa shape index (κ2) is 6.90. The molecule has 4 nitrogen and oxygen atoms in total. The Morgan fingerprint density at radius 2 is 1.50 bits per heavy atom. The first kappa shape index (κ1) is 15.7. The van der Waals surface area contributed by atoms with Crippen LogP contribution in [0, 0.1) is 0 Å². The molecule has 0 spiro atoms. The number of hydrogen-bond acceptors (Lipinski definition) is 3. The fourth-order valence-electron chi connectivity index (χ4n) is 2.54. The van der Waals surface area contributed by atoms with E-state index in [4.69, 9.17) is 0 Å². The molecule has 2 aromatic carbocycles. The summed E-state index contributed by atoms with van der Waals surface area (Å²) in [5, 5.41) is 0. The molecule has 0 aliphatic carbocycles. The van der Waals surface area contributed by atoms with E-state index in [1.807, 2.05) is 6.07 Å². The minimum atomic E-state index is -0.270. The molecular formula is C20H15NO3. The summed E-state index contributed by atoms with van der Waals surface area (Å²) in [4.78, 5) is 37.4. The molecule has 118 valence electrons. The van der Waals surface area contributed by atoms with E-state index in [-0.39, 0.29) is 24.1 Å². The van der Waals surface area contributed by atoms with Crippen LogP contribution < -0.4 is 0 Å². The molecule has 1 aliphatic heterocycles. The first-order valence-corrected chi connectivity index (χ1v) is 7.64. The average molecular weight is 317 g/mol. The molecule has 0 radical (unpaired) electrons. The molecule has 4 heteroatoms. The Labute approximate surface area is 139 Å². The molecule has 0 saturated carbocycles. The van der Waals surface area contributed by atoms with Crippen LogP contribution in [0.1, 0.15) is 37.5 Å². The Balaban J connectivity index is 1.59. The number of benzene rings is 2. The van der Waals surface area contributed by atoms with E-state index in [1.54, 1.807) is 54.6 Å². The molecule has 0 N–H and O–H groups in total. The number of carbonyl (C=O) groups excluding carboxylic acids is 3. The molecule has 0 aromatic heterocycles. The van der Waals surface area contributed by atoms with Crippen LogP contribution >= 0.6 is 0 Å². The lowest BCUT2D eigenvalue weighted by atomic mass is 10.1. The molecule has 24 heavy (non-hydrogen) atoms. The molecule has 2 aromatic rings. The second-order valence-corrected chi connectivity index (χ2v) is 5.34. The lowest BCUT2D eigenvalue weighted by molar-refractivity contribution is 0.0656. The summed E-state index contributed by atoms with van der Waals surface area (Å²) in [6.45, 7) is 0.271. The number of carbonyl (C=O) groups is 3. The summed E-state index contributed by atoms with van der Waals surface area (Å²) in [5.74, 6) is -0.672. The van der Waals surface area contributed by atoms with Gasteiger partial charge in [-0.15, -0.1) is 5.73 Å². The number of amides is 2.